The quantitative estimate of drug-likeness (QED) is 0.260. The number of nitrogens with zero attached hydrogens (tertiary/aromatic N) is 3. The zero-order valence-electron chi connectivity index (χ0n) is 22.4. The van der Waals surface area contributed by atoms with Gasteiger partial charge < -0.3 is 10.1 Å². The molecule has 0 aliphatic carbocycles. The highest BCUT2D eigenvalue weighted by molar-refractivity contribution is 6.30. The molecule has 0 spiro atoms. The van der Waals surface area contributed by atoms with Crippen LogP contribution in [0.15, 0.2) is 76.9 Å². The Morgan fingerprint density at radius 3 is 2.62 bits per heavy atom. The molecule has 0 saturated carbocycles. The van der Waals surface area contributed by atoms with E-state index in [4.69, 9.17) is 16.3 Å². The Bertz CT molecular complexity index is 1770. The lowest BCUT2D eigenvalue weighted by atomic mass is 9.98. The molecule has 12 heteroatoms. The molecule has 0 atom stereocenters. The number of allylic oxidation sites excluding steroid dienone is 3. The summed E-state index contributed by atoms with van der Waals surface area (Å²) >= 11 is 6.03. The van der Waals surface area contributed by atoms with Gasteiger partial charge in [0.05, 0.1) is 24.5 Å². The third kappa shape index (κ3) is 6.29. The number of nitriles is 1. The largest absolute Gasteiger partial charge is 0.481 e. The minimum Gasteiger partial charge on any atom is -0.481 e. The van der Waals surface area contributed by atoms with E-state index in [-0.39, 0.29) is 22.7 Å². The summed E-state index contributed by atoms with van der Waals surface area (Å²) < 4.78 is 64.2. The van der Waals surface area contributed by atoms with Crippen LogP contribution in [-0.4, -0.2) is 22.0 Å². The van der Waals surface area contributed by atoms with Gasteiger partial charge in [-0.2, -0.15) is 14.0 Å². The Labute approximate surface area is 243 Å². The van der Waals surface area contributed by atoms with E-state index in [9.17, 15) is 23.6 Å². The van der Waals surface area contributed by atoms with E-state index in [0.717, 1.165) is 30.0 Å². The van der Waals surface area contributed by atoms with Gasteiger partial charge in [-0.15, -0.1) is 0 Å². The van der Waals surface area contributed by atoms with Gasteiger partial charge in [-0.05, 0) is 78.1 Å². The van der Waals surface area contributed by atoms with Gasteiger partial charge in [-0.25, -0.2) is 13.8 Å². The maximum atomic E-state index is 15.1. The number of hydrogen-bond donors (Lipinski definition) is 1. The second-order valence-electron chi connectivity index (χ2n) is 9.63. The third-order valence-electron chi connectivity index (χ3n) is 6.46. The van der Waals surface area contributed by atoms with Gasteiger partial charge in [-0.3, -0.25) is 14.2 Å². The topological polar surface area (TPSA) is 97.0 Å². The minimum atomic E-state index is -3.74. The van der Waals surface area contributed by atoms with Crippen LogP contribution >= 0.6 is 11.6 Å². The van der Waals surface area contributed by atoms with Crippen molar-refractivity contribution in [2.24, 2.45) is 0 Å². The normalized spacial score (nSPS) is 13.7. The van der Waals surface area contributed by atoms with E-state index in [1.54, 1.807) is 6.92 Å². The van der Waals surface area contributed by atoms with E-state index < -0.39 is 59.2 Å². The van der Waals surface area contributed by atoms with Gasteiger partial charge in [0, 0.05) is 17.1 Å². The van der Waals surface area contributed by atoms with Crippen LogP contribution in [0.25, 0.3) is 5.57 Å². The molecule has 0 radical (unpaired) electrons. The average molecular weight is 599 g/mol. The van der Waals surface area contributed by atoms with Crippen LogP contribution < -0.4 is 15.6 Å². The Morgan fingerprint density at radius 1 is 1.21 bits per heavy atom. The molecule has 1 N–H and O–H groups in total. The van der Waals surface area contributed by atoms with E-state index in [1.807, 2.05) is 6.07 Å². The van der Waals surface area contributed by atoms with E-state index in [0.29, 0.717) is 22.3 Å². The molecule has 0 unspecified atom stereocenters. The fourth-order valence-electron chi connectivity index (χ4n) is 4.17. The van der Waals surface area contributed by atoms with Crippen molar-refractivity contribution >= 4 is 23.1 Å². The second-order valence-corrected chi connectivity index (χ2v) is 10.1. The molecule has 42 heavy (non-hydrogen) atoms. The molecule has 2 heterocycles. The van der Waals surface area contributed by atoms with Crippen LogP contribution in [0.1, 0.15) is 36.2 Å². The number of nitrogens with one attached hydrogen (secondary N) is 1. The number of hydrogen-bond acceptors (Lipinski definition) is 5. The molecule has 3 aromatic rings. The number of ether oxygens (including phenoxy) is 1. The smallest absolute Gasteiger partial charge is 0.314 e. The van der Waals surface area contributed by atoms with Crippen molar-refractivity contribution in [2.45, 2.75) is 32.9 Å². The molecule has 1 aliphatic heterocycles. The van der Waals surface area contributed by atoms with Gasteiger partial charge in [0.1, 0.15) is 6.61 Å². The van der Waals surface area contributed by atoms with Crippen molar-refractivity contribution in [1.82, 2.24) is 14.9 Å². The molecule has 1 aromatic heterocycles. The Kier molecular flexibility index (Phi) is 8.68. The van der Waals surface area contributed by atoms with Gasteiger partial charge in [0.15, 0.2) is 17.3 Å². The molecule has 7 nitrogen and oxygen atoms in total. The molecule has 0 saturated heterocycles. The molecule has 0 fully saturated rings. The molecule has 4 rings (SSSR count). The van der Waals surface area contributed by atoms with Crippen LogP contribution in [0.3, 0.4) is 0 Å². The van der Waals surface area contributed by atoms with E-state index >= 15 is 8.78 Å². The van der Waals surface area contributed by atoms with E-state index in [1.165, 1.54) is 30.3 Å². The summed E-state index contributed by atoms with van der Waals surface area (Å²) in [7, 11) is 0. The first-order valence-electron chi connectivity index (χ1n) is 12.4. The van der Waals surface area contributed by atoms with Crippen molar-refractivity contribution in [1.29, 1.82) is 5.26 Å². The molecule has 216 valence electrons. The van der Waals surface area contributed by atoms with Crippen LogP contribution in [0, 0.1) is 23.0 Å². The second kappa shape index (κ2) is 12.0. The summed E-state index contributed by atoms with van der Waals surface area (Å²) in [6, 6.07) is 9.48. The lowest BCUT2D eigenvalue weighted by Gasteiger charge is -2.20. The minimum absolute atomic E-state index is 0.0225. The predicted molar refractivity (Wildman–Crippen MR) is 148 cm³/mol. The molecule has 1 amide bonds. The summed E-state index contributed by atoms with van der Waals surface area (Å²) in [5.74, 6) is -7.21. The van der Waals surface area contributed by atoms with Crippen LogP contribution in [0.5, 0.6) is 5.75 Å². The van der Waals surface area contributed by atoms with Gasteiger partial charge in [0.25, 0.3) is 5.56 Å². The number of benzene rings is 2. The molecule has 2 aromatic carbocycles. The Hall–Kier alpha value is -4.69. The number of rotatable bonds is 8. The highest BCUT2D eigenvalue weighted by atomic mass is 35.5. The number of carbonyl (C=O) groups is 1. The van der Waals surface area contributed by atoms with Crippen LogP contribution in [0.4, 0.5) is 17.6 Å². The molecular weight excluding hydrogens is 576 g/mol. The van der Waals surface area contributed by atoms with E-state index in [2.05, 4.69) is 16.9 Å². The number of carbonyl (C=O) groups excluding carboxylic acids is 1. The summed E-state index contributed by atoms with van der Waals surface area (Å²) in [6.45, 7) is 5.33. The summed E-state index contributed by atoms with van der Waals surface area (Å²) in [5, 5.41) is 12.1. The van der Waals surface area contributed by atoms with Crippen molar-refractivity contribution in [2.75, 3.05) is 6.54 Å². The highest BCUT2D eigenvalue weighted by Gasteiger charge is 2.39. The molecular formula is C30H23ClF4N4O3. The first-order valence-corrected chi connectivity index (χ1v) is 12.8. The van der Waals surface area contributed by atoms with Crippen molar-refractivity contribution in [3.8, 4) is 11.8 Å². The average Bonchev–Trinajstić information content (AvgIpc) is 3.08. The highest BCUT2D eigenvalue weighted by Crippen LogP contribution is 2.37. The summed E-state index contributed by atoms with van der Waals surface area (Å²) in [6.07, 6.45) is 2.28. The summed E-state index contributed by atoms with van der Waals surface area (Å²) in [4.78, 5) is 30.2. The fraction of sp³-hybridized carbons (Fsp3) is 0.200. The fourth-order valence-corrected chi connectivity index (χ4v) is 4.43. The maximum absolute atomic E-state index is 15.1. The number of aromatic nitrogens is 2. The van der Waals surface area contributed by atoms with Gasteiger partial charge in [0.2, 0.25) is 11.7 Å². The Balaban J connectivity index is 1.77. The lowest BCUT2D eigenvalue weighted by Crippen LogP contribution is -2.32. The zero-order valence-corrected chi connectivity index (χ0v) is 23.2. The standard InChI is InChI=1S/C30H23ClF4N4O3/c1-16(2)30(34,35)27-26(42-14-19-6-18(11-36)7-22(31)8-19)29(41)39(15-38-27)13-21-9-23(17(3)12-37-28(21)40)20-4-5-24(32)25(33)10-20/h4-10,15H,1,12-14H2,2-3H3,(H,37,40). The van der Waals surface area contributed by atoms with Gasteiger partial charge >= 0.3 is 5.92 Å². The van der Waals surface area contributed by atoms with Crippen molar-refractivity contribution in [3.63, 3.8) is 0 Å². The van der Waals surface area contributed by atoms with Gasteiger partial charge in [-0.1, -0.05) is 24.2 Å². The molecule has 0 bridgehead atoms. The zero-order chi connectivity index (χ0) is 30.8. The summed E-state index contributed by atoms with van der Waals surface area (Å²) in [5.41, 5.74) is -0.682. The predicted octanol–water partition coefficient (Wildman–Crippen LogP) is 5.82. The lowest BCUT2D eigenvalue weighted by molar-refractivity contribution is -0.117. The molecule has 1 aliphatic rings. The third-order valence-corrected chi connectivity index (χ3v) is 6.67. The number of halogens is 5. The van der Waals surface area contributed by atoms with Crippen LogP contribution in [0.2, 0.25) is 5.02 Å². The SMILES string of the molecule is C=C(C)C(F)(F)c1ncn(CC2=CC(c3ccc(F)c(F)c3)=C(C)CNC2=O)c(=O)c1OCc1cc(Cl)cc(C#N)c1. The number of amides is 1. The Morgan fingerprint density at radius 2 is 1.95 bits per heavy atom. The first kappa shape index (κ1) is 30.3. The number of alkyl halides is 2. The maximum Gasteiger partial charge on any atom is 0.314 e. The monoisotopic (exact) mass is 598 g/mol. The first-order chi connectivity index (χ1) is 19.8. The van der Waals surface area contributed by atoms with Crippen molar-refractivity contribution < 1.29 is 27.1 Å². The van der Waals surface area contributed by atoms with Crippen LogP contribution in [-0.2, 0) is 23.9 Å². The van der Waals surface area contributed by atoms with Crippen molar-refractivity contribution in [3.05, 3.63) is 121 Å².